The lowest BCUT2D eigenvalue weighted by atomic mass is 10.1. The second-order valence-corrected chi connectivity index (χ2v) is 7.59. The summed E-state index contributed by atoms with van der Waals surface area (Å²) in [4.78, 5) is 48.8. The van der Waals surface area contributed by atoms with Gasteiger partial charge in [-0.3, -0.25) is 14.4 Å². The van der Waals surface area contributed by atoms with Gasteiger partial charge in [-0.1, -0.05) is 30.3 Å². The number of aliphatic hydroxyl groups is 1. The van der Waals surface area contributed by atoms with Gasteiger partial charge in [-0.05, 0) is 24.9 Å². The molecule has 1 saturated heterocycles. The lowest BCUT2D eigenvalue weighted by Gasteiger charge is -2.23. The van der Waals surface area contributed by atoms with E-state index < -0.39 is 42.5 Å². The number of hydrogen-bond donors (Lipinski definition) is 7. The standard InChI is InChI=1S/C20H28N4O6S/c25-10-15(18(27)22-14(20(29)30)9-12-5-2-1-3-6-12)23-19(28)16(11-31)24-17(26)13-7-4-8-21-13/h1-3,5-6,13-16,21,25,31H,4,7-11H2,(H,22,27)(H,23,28)(H,24,26)(H,29,30). The van der Waals surface area contributed by atoms with E-state index in [9.17, 15) is 29.4 Å². The normalized spacial score (nSPS) is 18.5. The van der Waals surface area contributed by atoms with Crippen LogP contribution < -0.4 is 21.3 Å². The highest BCUT2D eigenvalue weighted by atomic mass is 32.1. The van der Waals surface area contributed by atoms with Gasteiger partial charge in [0, 0.05) is 12.2 Å². The Hall–Kier alpha value is -2.63. The van der Waals surface area contributed by atoms with E-state index in [1.54, 1.807) is 30.3 Å². The van der Waals surface area contributed by atoms with Crippen molar-refractivity contribution in [1.29, 1.82) is 0 Å². The summed E-state index contributed by atoms with van der Waals surface area (Å²) in [5.74, 6) is -3.16. The maximum atomic E-state index is 12.5. The van der Waals surface area contributed by atoms with Crippen molar-refractivity contribution in [2.24, 2.45) is 0 Å². The topological polar surface area (TPSA) is 157 Å². The predicted octanol–water partition coefficient (Wildman–Crippen LogP) is -1.56. The molecule has 4 atom stereocenters. The van der Waals surface area contributed by atoms with Crippen LogP contribution in [-0.2, 0) is 25.6 Å². The Morgan fingerprint density at radius 3 is 2.23 bits per heavy atom. The summed E-state index contributed by atoms with van der Waals surface area (Å²) in [6.45, 7) is -0.0248. The van der Waals surface area contributed by atoms with Crippen LogP contribution in [0.5, 0.6) is 0 Å². The molecule has 1 aromatic rings. The van der Waals surface area contributed by atoms with Gasteiger partial charge in [0.25, 0.3) is 0 Å². The summed E-state index contributed by atoms with van der Waals surface area (Å²) >= 11 is 4.08. The third kappa shape index (κ3) is 7.53. The Balaban J connectivity index is 1.95. The smallest absolute Gasteiger partial charge is 0.326 e. The summed E-state index contributed by atoms with van der Waals surface area (Å²) < 4.78 is 0. The highest BCUT2D eigenvalue weighted by molar-refractivity contribution is 7.80. The first-order valence-electron chi connectivity index (χ1n) is 9.98. The molecule has 1 aliphatic rings. The van der Waals surface area contributed by atoms with Crippen LogP contribution in [-0.4, -0.2) is 77.0 Å². The van der Waals surface area contributed by atoms with Crippen LogP contribution in [0.2, 0.25) is 0 Å². The van der Waals surface area contributed by atoms with E-state index in [2.05, 4.69) is 33.9 Å². The van der Waals surface area contributed by atoms with E-state index in [4.69, 9.17) is 0 Å². The van der Waals surface area contributed by atoms with E-state index in [0.29, 0.717) is 12.0 Å². The van der Waals surface area contributed by atoms with E-state index in [1.807, 2.05) is 0 Å². The molecule has 1 aliphatic heterocycles. The summed E-state index contributed by atoms with van der Waals surface area (Å²) in [6, 6.07) is 4.72. The number of aliphatic hydroxyl groups excluding tert-OH is 1. The molecule has 6 N–H and O–H groups in total. The van der Waals surface area contributed by atoms with Gasteiger partial charge in [-0.25, -0.2) is 4.79 Å². The van der Waals surface area contributed by atoms with E-state index in [-0.39, 0.29) is 24.1 Å². The molecule has 0 bridgehead atoms. The Morgan fingerprint density at radius 1 is 1.03 bits per heavy atom. The Morgan fingerprint density at radius 2 is 1.68 bits per heavy atom. The van der Waals surface area contributed by atoms with E-state index in [0.717, 1.165) is 13.0 Å². The fourth-order valence-electron chi connectivity index (χ4n) is 3.16. The summed E-state index contributed by atoms with van der Waals surface area (Å²) in [5, 5.41) is 29.2. The molecule has 31 heavy (non-hydrogen) atoms. The van der Waals surface area contributed by atoms with Crippen molar-refractivity contribution in [1.82, 2.24) is 21.3 Å². The van der Waals surface area contributed by atoms with Crippen molar-refractivity contribution >= 4 is 36.3 Å². The fraction of sp³-hybridized carbons (Fsp3) is 0.500. The molecule has 0 radical (unpaired) electrons. The van der Waals surface area contributed by atoms with Crippen LogP contribution in [0.25, 0.3) is 0 Å². The van der Waals surface area contributed by atoms with Crippen LogP contribution >= 0.6 is 12.6 Å². The van der Waals surface area contributed by atoms with Gasteiger partial charge in [0.05, 0.1) is 12.6 Å². The molecule has 1 heterocycles. The molecule has 1 fully saturated rings. The van der Waals surface area contributed by atoms with Gasteiger partial charge in [-0.2, -0.15) is 12.6 Å². The number of carbonyl (C=O) groups excluding carboxylic acids is 3. The van der Waals surface area contributed by atoms with Gasteiger partial charge in [0.1, 0.15) is 18.1 Å². The lowest BCUT2D eigenvalue weighted by Crippen LogP contribution is -2.58. The highest BCUT2D eigenvalue weighted by Crippen LogP contribution is 2.06. The number of aliphatic carboxylic acids is 1. The molecule has 0 aliphatic carbocycles. The van der Waals surface area contributed by atoms with Gasteiger partial charge >= 0.3 is 5.97 Å². The first kappa shape index (κ1) is 24.6. The van der Waals surface area contributed by atoms with Crippen LogP contribution in [0.15, 0.2) is 30.3 Å². The average molecular weight is 453 g/mol. The fourth-order valence-corrected chi connectivity index (χ4v) is 3.42. The van der Waals surface area contributed by atoms with E-state index in [1.165, 1.54) is 0 Å². The summed E-state index contributed by atoms with van der Waals surface area (Å²) in [7, 11) is 0. The first-order chi connectivity index (χ1) is 14.8. The lowest BCUT2D eigenvalue weighted by molar-refractivity contribution is -0.142. The number of carboxylic acids is 1. The second-order valence-electron chi connectivity index (χ2n) is 7.23. The molecule has 4 unspecified atom stereocenters. The number of amides is 3. The van der Waals surface area contributed by atoms with Crippen molar-refractivity contribution in [3.05, 3.63) is 35.9 Å². The molecule has 1 aromatic carbocycles. The SMILES string of the molecule is O=C(O)C(Cc1ccccc1)NC(=O)C(CO)NC(=O)C(CS)NC(=O)C1CCCN1. The maximum absolute atomic E-state index is 12.5. The number of benzene rings is 1. The predicted molar refractivity (Wildman–Crippen MR) is 116 cm³/mol. The van der Waals surface area contributed by atoms with Crippen molar-refractivity contribution in [3.8, 4) is 0 Å². The Labute approximate surface area is 185 Å². The average Bonchev–Trinajstić information content (AvgIpc) is 3.30. The minimum Gasteiger partial charge on any atom is -0.480 e. The molecule has 0 spiro atoms. The molecule has 170 valence electrons. The third-order valence-corrected chi connectivity index (χ3v) is 5.27. The van der Waals surface area contributed by atoms with Crippen molar-refractivity contribution in [3.63, 3.8) is 0 Å². The largest absolute Gasteiger partial charge is 0.480 e. The van der Waals surface area contributed by atoms with Crippen molar-refractivity contribution in [2.75, 3.05) is 18.9 Å². The number of carboxylic acid groups (broad SMARTS) is 1. The van der Waals surface area contributed by atoms with Crippen LogP contribution in [0.4, 0.5) is 0 Å². The van der Waals surface area contributed by atoms with Gasteiger partial charge in [-0.15, -0.1) is 0 Å². The molecule has 11 heteroatoms. The number of rotatable bonds is 11. The molecule has 10 nitrogen and oxygen atoms in total. The Kier molecular flexibility index (Phi) is 9.76. The van der Waals surface area contributed by atoms with Gasteiger partial charge < -0.3 is 31.5 Å². The minimum atomic E-state index is -1.38. The summed E-state index contributed by atoms with van der Waals surface area (Å²) in [5.41, 5.74) is 0.707. The number of thiol groups is 1. The first-order valence-corrected chi connectivity index (χ1v) is 10.6. The number of hydrogen-bond acceptors (Lipinski definition) is 7. The molecule has 0 saturated carbocycles. The second kappa shape index (κ2) is 12.3. The number of nitrogens with one attached hydrogen (secondary N) is 4. The molecule has 0 aromatic heterocycles. The Bertz CT molecular complexity index is 772. The van der Waals surface area contributed by atoms with Gasteiger partial charge in [0.15, 0.2) is 0 Å². The van der Waals surface area contributed by atoms with Crippen molar-refractivity contribution in [2.45, 2.75) is 43.4 Å². The van der Waals surface area contributed by atoms with E-state index >= 15 is 0 Å². The maximum Gasteiger partial charge on any atom is 0.326 e. The summed E-state index contributed by atoms with van der Waals surface area (Å²) in [6.07, 6.45) is 1.56. The third-order valence-electron chi connectivity index (χ3n) is 4.91. The van der Waals surface area contributed by atoms with Gasteiger partial charge in [0.2, 0.25) is 17.7 Å². The highest BCUT2D eigenvalue weighted by Gasteiger charge is 2.30. The van der Waals surface area contributed by atoms with Crippen LogP contribution in [0.3, 0.4) is 0 Å². The molecule has 3 amide bonds. The zero-order valence-corrected chi connectivity index (χ0v) is 17.8. The quantitative estimate of drug-likeness (QED) is 0.200. The van der Waals surface area contributed by atoms with Crippen LogP contribution in [0, 0.1) is 0 Å². The van der Waals surface area contributed by atoms with Crippen LogP contribution in [0.1, 0.15) is 18.4 Å². The molecule has 2 rings (SSSR count). The molecular weight excluding hydrogens is 424 g/mol. The monoisotopic (exact) mass is 452 g/mol. The zero-order valence-electron chi connectivity index (χ0n) is 16.9. The zero-order chi connectivity index (χ0) is 22.8. The molecular formula is C20H28N4O6S. The minimum absolute atomic E-state index is 0.0180. The van der Waals surface area contributed by atoms with Crippen molar-refractivity contribution < 1.29 is 29.4 Å². The number of carbonyl (C=O) groups is 4.